The molecule has 7 nitrogen and oxygen atoms in total. The van der Waals surface area contributed by atoms with Crippen molar-refractivity contribution in [1.82, 2.24) is 0 Å². The second-order valence-corrected chi connectivity index (χ2v) is 8.79. The molecule has 0 unspecified atom stereocenters. The number of fused-ring (bicyclic) bond motifs is 1. The number of sulfonamides is 1. The number of hydrogen-bond donors (Lipinski definition) is 0. The van der Waals surface area contributed by atoms with E-state index in [1.807, 2.05) is 17.9 Å². The highest BCUT2D eigenvalue weighted by atomic mass is 32.2. The van der Waals surface area contributed by atoms with Crippen molar-refractivity contribution in [2.45, 2.75) is 24.0 Å². The lowest BCUT2D eigenvalue weighted by atomic mass is 10.1. The summed E-state index contributed by atoms with van der Waals surface area (Å²) < 4.78 is 39.5. The van der Waals surface area contributed by atoms with E-state index in [4.69, 9.17) is 9.47 Å². The number of nitrogens with zero attached hydrogens (tertiary/aromatic N) is 2. The first-order valence-corrected chi connectivity index (χ1v) is 11.4. The van der Waals surface area contributed by atoms with Crippen LogP contribution in [0, 0.1) is 0 Å². The molecule has 0 aromatic heterocycles. The van der Waals surface area contributed by atoms with Crippen molar-refractivity contribution in [3.05, 3.63) is 53.6 Å². The lowest BCUT2D eigenvalue weighted by Crippen LogP contribution is -2.34. The van der Waals surface area contributed by atoms with Crippen LogP contribution in [0.2, 0.25) is 0 Å². The van der Waals surface area contributed by atoms with Crippen LogP contribution < -0.4 is 9.64 Å². The zero-order chi connectivity index (χ0) is 21.0. The van der Waals surface area contributed by atoms with Crippen molar-refractivity contribution in [3.8, 4) is 5.75 Å². The van der Waals surface area contributed by atoms with Crippen molar-refractivity contribution in [2.75, 3.05) is 25.7 Å². The molecule has 1 heterocycles. The van der Waals surface area contributed by atoms with Crippen LogP contribution in [0.15, 0.2) is 51.8 Å². The average Bonchev–Trinajstić information content (AvgIpc) is 2.73. The molecule has 0 N–H and O–H groups in total. The zero-order valence-electron chi connectivity index (χ0n) is 16.4. The fraction of sp³-hybridized carbons (Fsp3) is 0.300. The molecule has 29 heavy (non-hydrogen) atoms. The first-order chi connectivity index (χ1) is 13.9. The van der Waals surface area contributed by atoms with Gasteiger partial charge in [0.05, 0.1) is 25.5 Å². The van der Waals surface area contributed by atoms with Crippen LogP contribution in [0.25, 0.3) is 0 Å². The van der Waals surface area contributed by atoms with Crippen molar-refractivity contribution in [3.63, 3.8) is 0 Å². The second-order valence-electron chi connectivity index (χ2n) is 6.28. The number of rotatable bonds is 6. The van der Waals surface area contributed by atoms with Gasteiger partial charge in [-0.15, -0.1) is 4.40 Å². The predicted molar refractivity (Wildman–Crippen MR) is 114 cm³/mol. The Morgan fingerprint density at radius 3 is 2.62 bits per heavy atom. The van der Waals surface area contributed by atoms with Crippen LogP contribution >= 0.6 is 11.8 Å². The topological polar surface area (TPSA) is 85.3 Å². The lowest BCUT2D eigenvalue weighted by molar-refractivity contribution is 0.0600. The van der Waals surface area contributed by atoms with Crippen LogP contribution in [0.5, 0.6) is 5.75 Å². The number of benzene rings is 2. The van der Waals surface area contributed by atoms with Crippen LogP contribution in [0.4, 0.5) is 5.69 Å². The van der Waals surface area contributed by atoms with E-state index in [1.54, 1.807) is 43.5 Å². The maximum absolute atomic E-state index is 12.6. The summed E-state index contributed by atoms with van der Waals surface area (Å²) in [6, 6.07) is 11.9. The number of carbonyl (C=O) groups excluding carboxylic acids is 1. The second kappa shape index (κ2) is 8.87. The Balaban J connectivity index is 1.93. The molecule has 2 aromatic carbocycles. The predicted octanol–water partition coefficient (Wildman–Crippen LogP) is 3.69. The first kappa shape index (κ1) is 21.2. The van der Waals surface area contributed by atoms with E-state index in [2.05, 4.69) is 4.40 Å². The monoisotopic (exact) mass is 434 g/mol. The van der Waals surface area contributed by atoms with Crippen molar-refractivity contribution < 1.29 is 22.7 Å². The number of para-hydroxylation sites is 1. The SMILES string of the molecule is CCCN1C(SCc2cc(C(=O)OC)ccc2OC)=NS(=O)(=O)c2ccccc21. The van der Waals surface area contributed by atoms with E-state index < -0.39 is 16.0 Å². The third-order valence-electron chi connectivity index (χ3n) is 4.37. The molecule has 1 aliphatic heterocycles. The third kappa shape index (κ3) is 4.40. The van der Waals surface area contributed by atoms with Crippen molar-refractivity contribution in [1.29, 1.82) is 0 Å². The molecule has 0 saturated carbocycles. The van der Waals surface area contributed by atoms with Crippen LogP contribution in [-0.2, 0) is 20.5 Å². The molecule has 0 aliphatic carbocycles. The normalized spacial score (nSPS) is 14.7. The summed E-state index contributed by atoms with van der Waals surface area (Å²) in [4.78, 5) is 14.0. The molecule has 0 atom stereocenters. The molecule has 0 bridgehead atoms. The van der Waals surface area contributed by atoms with E-state index >= 15 is 0 Å². The van der Waals surface area contributed by atoms with Crippen LogP contribution in [0.3, 0.4) is 0 Å². The largest absolute Gasteiger partial charge is 0.496 e. The summed E-state index contributed by atoms with van der Waals surface area (Å²) in [6.45, 7) is 2.66. The maximum atomic E-state index is 12.6. The number of hydrogen-bond acceptors (Lipinski definition) is 7. The quantitative estimate of drug-likeness (QED) is 0.641. The molecule has 2 aromatic rings. The molecular formula is C20H22N2O5S2. The standard InChI is InChI=1S/C20H22N2O5S2/c1-4-11-22-16-7-5-6-8-18(16)29(24,25)21-20(22)28-13-15-12-14(19(23)27-3)9-10-17(15)26-2/h5-10,12H,4,11,13H2,1-3H3. The highest BCUT2D eigenvalue weighted by molar-refractivity contribution is 8.14. The highest BCUT2D eigenvalue weighted by Crippen LogP contribution is 2.35. The number of carbonyl (C=O) groups is 1. The number of anilines is 1. The van der Waals surface area contributed by atoms with E-state index in [-0.39, 0.29) is 4.90 Å². The minimum Gasteiger partial charge on any atom is -0.496 e. The molecular weight excluding hydrogens is 412 g/mol. The molecule has 154 valence electrons. The molecule has 0 saturated heterocycles. The number of amidine groups is 1. The number of thioether (sulfide) groups is 1. The lowest BCUT2D eigenvalue weighted by Gasteiger charge is -2.30. The molecule has 3 rings (SSSR count). The molecule has 0 amide bonds. The van der Waals surface area contributed by atoms with Crippen LogP contribution in [0.1, 0.15) is 29.3 Å². The molecule has 0 fully saturated rings. The Kier molecular flexibility index (Phi) is 6.49. The summed E-state index contributed by atoms with van der Waals surface area (Å²) in [6.07, 6.45) is 0.828. The smallest absolute Gasteiger partial charge is 0.337 e. The number of methoxy groups -OCH3 is 2. The Labute approximate surface area is 174 Å². The Morgan fingerprint density at radius 2 is 1.93 bits per heavy atom. The third-order valence-corrected chi connectivity index (χ3v) is 6.82. The molecule has 0 radical (unpaired) electrons. The summed E-state index contributed by atoms with van der Waals surface area (Å²) in [5, 5.41) is 0.399. The Morgan fingerprint density at radius 1 is 1.17 bits per heavy atom. The molecule has 1 aliphatic rings. The number of ether oxygens (including phenoxy) is 2. The van der Waals surface area contributed by atoms with Gasteiger partial charge in [0.15, 0.2) is 5.17 Å². The van der Waals surface area contributed by atoms with Gasteiger partial charge in [-0.1, -0.05) is 30.8 Å². The summed E-state index contributed by atoms with van der Waals surface area (Å²) in [5.74, 6) is 0.537. The van der Waals surface area contributed by atoms with Gasteiger partial charge in [-0.2, -0.15) is 8.42 Å². The van der Waals surface area contributed by atoms with Gasteiger partial charge in [0, 0.05) is 17.9 Å². The van der Waals surface area contributed by atoms with Gasteiger partial charge in [0.1, 0.15) is 10.6 Å². The van der Waals surface area contributed by atoms with Gasteiger partial charge in [0.25, 0.3) is 10.0 Å². The van der Waals surface area contributed by atoms with E-state index in [1.165, 1.54) is 18.9 Å². The van der Waals surface area contributed by atoms with Gasteiger partial charge in [-0.25, -0.2) is 4.79 Å². The fourth-order valence-corrected chi connectivity index (χ4v) is 5.48. The maximum Gasteiger partial charge on any atom is 0.337 e. The Hall–Kier alpha value is -2.52. The molecule has 9 heteroatoms. The minimum absolute atomic E-state index is 0.211. The van der Waals surface area contributed by atoms with Crippen molar-refractivity contribution >= 4 is 38.6 Å². The fourth-order valence-electron chi connectivity index (χ4n) is 3.03. The van der Waals surface area contributed by atoms with E-state index in [0.29, 0.717) is 34.5 Å². The number of esters is 1. The van der Waals surface area contributed by atoms with Gasteiger partial charge in [0.2, 0.25) is 0 Å². The average molecular weight is 435 g/mol. The highest BCUT2D eigenvalue weighted by Gasteiger charge is 2.30. The molecule has 0 spiro atoms. The first-order valence-electron chi connectivity index (χ1n) is 9.00. The Bertz CT molecular complexity index is 1050. The minimum atomic E-state index is -3.77. The van der Waals surface area contributed by atoms with Gasteiger partial charge >= 0.3 is 5.97 Å². The van der Waals surface area contributed by atoms with Gasteiger partial charge < -0.3 is 14.4 Å². The summed E-state index contributed by atoms with van der Waals surface area (Å²) >= 11 is 1.29. The van der Waals surface area contributed by atoms with E-state index in [0.717, 1.165) is 12.0 Å². The van der Waals surface area contributed by atoms with E-state index in [9.17, 15) is 13.2 Å². The summed E-state index contributed by atoms with van der Waals surface area (Å²) in [7, 11) is -0.901. The van der Waals surface area contributed by atoms with Gasteiger partial charge in [-0.05, 0) is 36.8 Å². The van der Waals surface area contributed by atoms with Crippen LogP contribution in [-0.4, -0.2) is 40.3 Å². The van der Waals surface area contributed by atoms with Crippen molar-refractivity contribution in [2.24, 2.45) is 4.40 Å². The summed E-state index contributed by atoms with van der Waals surface area (Å²) in [5.41, 5.74) is 1.77. The zero-order valence-corrected chi connectivity index (χ0v) is 18.0. The van der Waals surface area contributed by atoms with Gasteiger partial charge in [-0.3, -0.25) is 0 Å².